The first kappa shape index (κ1) is 18.4. The first-order valence-electron chi connectivity index (χ1n) is 6.16. The van der Waals surface area contributed by atoms with Crippen molar-refractivity contribution in [1.82, 2.24) is 15.2 Å². The molecule has 0 aromatic carbocycles. The number of likely N-dealkylation sites (N-methyl/N-ethyl adjacent to an activating group) is 2. The molecule has 0 saturated heterocycles. The Balaban J connectivity index is 0.00000220. The second-order valence-corrected chi connectivity index (χ2v) is 7.08. The molecule has 0 bridgehead atoms. The molecule has 8 heteroatoms. The van der Waals surface area contributed by atoms with Gasteiger partial charge in [0.25, 0.3) is 5.91 Å². The lowest BCUT2D eigenvalue weighted by atomic mass is 10.3. The van der Waals surface area contributed by atoms with Crippen LogP contribution < -0.4 is 5.32 Å². The first-order valence-corrected chi connectivity index (χ1v) is 8.17. The lowest BCUT2D eigenvalue weighted by Crippen LogP contribution is -2.32. The van der Waals surface area contributed by atoms with E-state index in [1.807, 2.05) is 26.1 Å². The quantitative estimate of drug-likeness (QED) is 0.880. The molecule has 2 aromatic heterocycles. The van der Waals surface area contributed by atoms with Gasteiger partial charge in [0.2, 0.25) is 0 Å². The smallest absolute Gasteiger partial charge is 0.265 e. The third-order valence-corrected chi connectivity index (χ3v) is 5.36. The number of nitrogens with zero attached hydrogens (tertiary/aromatic N) is 2. The first-order chi connectivity index (χ1) is 9.52. The molecule has 0 radical (unpaired) electrons. The third kappa shape index (κ3) is 4.40. The maximum absolute atomic E-state index is 12.4. The van der Waals surface area contributed by atoms with Crippen LogP contribution in [0.25, 0.3) is 9.88 Å². The van der Waals surface area contributed by atoms with Gasteiger partial charge in [-0.15, -0.1) is 35.1 Å². The number of rotatable bonds is 5. The molecule has 1 amide bonds. The zero-order valence-electron chi connectivity index (χ0n) is 12.0. The molecule has 0 unspecified atom stereocenters. The zero-order chi connectivity index (χ0) is 14.7. The van der Waals surface area contributed by atoms with Gasteiger partial charge in [-0.3, -0.25) is 4.79 Å². The molecule has 2 aromatic rings. The van der Waals surface area contributed by atoms with Gasteiger partial charge in [-0.2, -0.15) is 0 Å². The fraction of sp³-hybridized carbons (Fsp3) is 0.385. The Labute approximate surface area is 143 Å². The zero-order valence-corrected chi connectivity index (χ0v) is 15.2. The highest BCUT2D eigenvalue weighted by atomic mass is 35.5. The average molecular weight is 366 g/mol. The molecular formula is C13H17Cl2N3OS2. The monoisotopic (exact) mass is 365 g/mol. The average Bonchev–Trinajstić information content (AvgIpc) is 3.01. The summed E-state index contributed by atoms with van der Waals surface area (Å²) in [7, 11) is 3.68. The largest absolute Gasteiger partial charge is 0.340 e. The number of carbonyl (C=O) groups is 1. The Kier molecular flexibility index (Phi) is 7.09. The van der Waals surface area contributed by atoms with Gasteiger partial charge in [-0.05, 0) is 26.1 Å². The lowest BCUT2D eigenvalue weighted by molar-refractivity contribution is 0.0800. The molecule has 1 N–H and O–H groups in total. The van der Waals surface area contributed by atoms with Gasteiger partial charge in [0.1, 0.15) is 9.88 Å². The van der Waals surface area contributed by atoms with Crippen LogP contribution in [0.4, 0.5) is 0 Å². The van der Waals surface area contributed by atoms with Crippen LogP contribution in [0.3, 0.4) is 0 Å². The maximum Gasteiger partial charge on any atom is 0.265 e. The SMILES string of the molecule is CNCCN(C)C(=O)c1sc(-c2ccc(Cl)s2)nc1C.Cl. The van der Waals surface area contributed by atoms with E-state index in [0.29, 0.717) is 11.4 Å². The molecule has 2 rings (SSSR count). The van der Waals surface area contributed by atoms with Crippen molar-refractivity contribution in [2.75, 3.05) is 27.2 Å². The predicted molar refractivity (Wildman–Crippen MR) is 93.3 cm³/mol. The second kappa shape index (κ2) is 8.10. The molecule has 21 heavy (non-hydrogen) atoms. The third-order valence-electron chi connectivity index (χ3n) is 2.82. The molecule has 0 saturated carbocycles. The number of aryl methyl sites for hydroxylation is 1. The van der Waals surface area contributed by atoms with Crippen LogP contribution in [0.1, 0.15) is 15.4 Å². The minimum atomic E-state index is 0. The fourth-order valence-corrected chi connectivity index (χ4v) is 3.84. The Morgan fingerprint density at radius 1 is 1.43 bits per heavy atom. The maximum atomic E-state index is 12.4. The van der Waals surface area contributed by atoms with Crippen molar-refractivity contribution in [2.24, 2.45) is 0 Å². The Bertz CT molecular complexity index is 612. The summed E-state index contributed by atoms with van der Waals surface area (Å²) in [6.45, 7) is 3.31. The standard InChI is InChI=1S/C13H16ClN3OS2.ClH/c1-8-11(13(18)17(3)7-6-15-2)20-12(16-8)9-4-5-10(14)19-9;/h4-5,15H,6-7H2,1-3H3;1H. The van der Waals surface area contributed by atoms with Crippen molar-refractivity contribution in [3.05, 3.63) is 27.0 Å². The summed E-state index contributed by atoms with van der Waals surface area (Å²) < 4.78 is 0.729. The van der Waals surface area contributed by atoms with Crippen LogP contribution in [0.15, 0.2) is 12.1 Å². The van der Waals surface area contributed by atoms with Gasteiger partial charge in [0.05, 0.1) is 14.9 Å². The topological polar surface area (TPSA) is 45.2 Å². The van der Waals surface area contributed by atoms with E-state index in [-0.39, 0.29) is 18.3 Å². The van der Waals surface area contributed by atoms with Crippen molar-refractivity contribution in [3.63, 3.8) is 0 Å². The number of hydrogen-bond acceptors (Lipinski definition) is 5. The lowest BCUT2D eigenvalue weighted by Gasteiger charge is -2.15. The van der Waals surface area contributed by atoms with Crippen LogP contribution in [-0.2, 0) is 0 Å². The highest BCUT2D eigenvalue weighted by molar-refractivity contribution is 7.24. The van der Waals surface area contributed by atoms with Crippen molar-refractivity contribution in [1.29, 1.82) is 0 Å². The summed E-state index contributed by atoms with van der Waals surface area (Å²) in [6.07, 6.45) is 0. The molecule has 0 aliphatic heterocycles. The molecule has 0 atom stereocenters. The van der Waals surface area contributed by atoms with Crippen LogP contribution >= 0.6 is 46.7 Å². The summed E-state index contributed by atoms with van der Waals surface area (Å²) >= 11 is 8.84. The molecule has 2 heterocycles. The van der Waals surface area contributed by atoms with Crippen molar-refractivity contribution in [3.8, 4) is 9.88 Å². The summed E-state index contributed by atoms with van der Waals surface area (Å²) in [5.41, 5.74) is 0.774. The van der Waals surface area contributed by atoms with E-state index in [0.717, 1.165) is 26.5 Å². The number of carbonyl (C=O) groups excluding carboxylic acids is 1. The minimum absolute atomic E-state index is 0. The number of thiazole rings is 1. The van der Waals surface area contributed by atoms with E-state index in [1.165, 1.54) is 22.7 Å². The highest BCUT2D eigenvalue weighted by Gasteiger charge is 2.19. The van der Waals surface area contributed by atoms with Gasteiger partial charge < -0.3 is 10.2 Å². The molecule has 0 fully saturated rings. The van der Waals surface area contributed by atoms with Gasteiger partial charge >= 0.3 is 0 Å². The molecule has 116 valence electrons. The number of nitrogens with one attached hydrogen (secondary N) is 1. The van der Waals surface area contributed by atoms with Crippen LogP contribution in [0.5, 0.6) is 0 Å². The Hall–Kier alpha value is -0.660. The molecular weight excluding hydrogens is 349 g/mol. The summed E-state index contributed by atoms with van der Waals surface area (Å²) in [5.74, 6) is 0.0177. The predicted octanol–water partition coefficient (Wildman–Crippen LogP) is 3.55. The van der Waals surface area contributed by atoms with Gasteiger partial charge in [0, 0.05) is 20.1 Å². The van der Waals surface area contributed by atoms with Crippen molar-refractivity contribution in [2.45, 2.75) is 6.92 Å². The molecule has 0 aliphatic carbocycles. The van der Waals surface area contributed by atoms with Crippen molar-refractivity contribution < 1.29 is 4.79 Å². The number of thiophene rings is 1. The van der Waals surface area contributed by atoms with Gasteiger partial charge in [0.15, 0.2) is 0 Å². The van der Waals surface area contributed by atoms with E-state index in [2.05, 4.69) is 10.3 Å². The van der Waals surface area contributed by atoms with E-state index in [1.54, 1.807) is 11.9 Å². The molecule has 0 aliphatic rings. The summed E-state index contributed by atoms with van der Waals surface area (Å²) in [6, 6.07) is 3.78. The van der Waals surface area contributed by atoms with Gasteiger partial charge in [-0.1, -0.05) is 11.6 Å². The minimum Gasteiger partial charge on any atom is -0.340 e. The summed E-state index contributed by atoms with van der Waals surface area (Å²) in [5, 5.41) is 3.89. The highest BCUT2D eigenvalue weighted by Crippen LogP contribution is 2.35. The van der Waals surface area contributed by atoms with E-state index in [4.69, 9.17) is 11.6 Å². The number of halogens is 2. The fourth-order valence-electron chi connectivity index (χ4n) is 1.68. The normalized spacial score (nSPS) is 10.3. The summed E-state index contributed by atoms with van der Waals surface area (Å²) in [4.78, 5) is 20.3. The van der Waals surface area contributed by atoms with Crippen LogP contribution in [-0.4, -0.2) is 43.0 Å². The van der Waals surface area contributed by atoms with Crippen molar-refractivity contribution >= 4 is 52.6 Å². The van der Waals surface area contributed by atoms with E-state index >= 15 is 0 Å². The van der Waals surface area contributed by atoms with Crippen LogP contribution in [0, 0.1) is 6.92 Å². The second-order valence-electron chi connectivity index (χ2n) is 4.37. The van der Waals surface area contributed by atoms with E-state index < -0.39 is 0 Å². The number of amides is 1. The number of hydrogen-bond donors (Lipinski definition) is 1. The Morgan fingerprint density at radius 3 is 2.71 bits per heavy atom. The van der Waals surface area contributed by atoms with E-state index in [9.17, 15) is 4.79 Å². The van der Waals surface area contributed by atoms with Gasteiger partial charge in [-0.25, -0.2) is 4.98 Å². The molecule has 0 spiro atoms. The van der Waals surface area contributed by atoms with Crippen LogP contribution in [0.2, 0.25) is 4.34 Å². The molecule has 4 nitrogen and oxygen atoms in total. The number of aromatic nitrogens is 1. The Morgan fingerprint density at radius 2 is 2.14 bits per heavy atom.